The van der Waals surface area contributed by atoms with Crippen molar-refractivity contribution in [1.82, 2.24) is 10.3 Å². The van der Waals surface area contributed by atoms with Gasteiger partial charge in [-0.3, -0.25) is 4.79 Å². The van der Waals surface area contributed by atoms with Gasteiger partial charge in [-0.05, 0) is 24.5 Å². The summed E-state index contributed by atoms with van der Waals surface area (Å²) in [6.07, 6.45) is 5.11. The van der Waals surface area contributed by atoms with E-state index in [1.54, 1.807) is 0 Å². The zero-order chi connectivity index (χ0) is 15.3. The highest BCUT2D eigenvalue weighted by Crippen LogP contribution is 2.19. The first kappa shape index (κ1) is 15.6. The van der Waals surface area contributed by atoms with Crippen molar-refractivity contribution in [3.05, 3.63) is 36.0 Å². The van der Waals surface area contributed by atoms with E-state index in [2.05, 4.69) is 16.4 Å². The van der Waals surface area contributed by atoms with Crippen LogP contribution in [0.5, 0.6) is 0 Å². The number of aromatic amines is 1. The molecule has 0 radical (unpaired) electrons. The second-order valence-electron chi connectivity index (χ2n) is 5.19. The molecular weight excluding hydrogens is 288 g/mol. The van der Waals surface area contributed by atoms with Gasteiger partial charge in [-0.2, -0.15) is 0 Å². The van der Waals surface area contributed by atoms with E-state index in [1.165, 1.54) is 10.9 Å². The lowest BCUT2D eigenvalue weighted by Crippen LogP contribution is -2.28. The minimum atomic E-state index is -3.02. The summed E-state index contributed by atoms with van der Waals surface area (Å²) < 4.78 is 21.9. The molecule has 0 unspecified atom stereocenters. The predicted molar refractivity (Wildman–Crippen MR) is 84.0 cm³/mol. The van der Waals surface area contributed by atoms with Crippen molar-refractivity contribution in [3.8, 4) is 0 Å². The summed E-state index contributed by atoms with van der Waals surface area (Å²) in [4.78, 5) is 14.8. The summed E-state index contributed by atoms with van der Waals surface area (Å²) in [5.41, 5.74) is 2.31. The summed E-state index contributed by atoms with van der Waals surface area (Å²) in [6.45, 7) is 0.185. The van der Waals surface area contributed by atoms with Gasteiger partial charge in [0.2, 0.25) is 5.91 Å². The van der Waals surface area contributed by atoms with Gasteiger partial charge in [0, 0.05) is 36.3 Å². The molecule has 0 aliphatic heterocycles. The molecule has 1 aromatic carbocycles. The largest absolute Gasteiger partial charge is 0.361 e. The van der Waals surface area contributed by atoms with E-state index in [0.29, 0.717) is 6.42 Å². The van der Waals surface area contributed by atoms with Crippen molar-refractivity contribution in [2.24, 2.45) is 0 Å². The smallest absolute Gasteiger partial charge is 0.220 e. The van der Waals surface area contributed by atoms with Crippen LogP contribution in [-0.2, 0) is 21.1 Å². The van der Waals surface area contributed by atoms with Gasteiger partial charge in [0.05, 0.1) is 5.75 Å². The van der Waals surface area contributed by atoms with Crippen LogP contribution in [0.1, 0.15) is 18.4 Å². The normalized spacial score (nSPS) is 11.7. The molecule has 0 bridgehead atoms. The van der Waals surface area contributed by atoms with Crippen LogP contribution in [0.3, 0.4) is 0 Å². The number of benzene rings is 1. The fourth-order valence-electron chi connectivity index (χ4n) is 2.24. The number of hydrogen-bond acceptors (Lipinski definition) is 3. The molecule has 5 nitrogen and oxygen atoms in total. The molecule has 21 heavy (non-hydrogen) atoms. The molecule has 2 aromatic rings. The number of carbonyl (C=O) groups is 1. The molecule has 0 atom stereocenters. The molecule has 0 spiro atoms. The van der Waals surface area contributed by atoms with Crippen molar-refractivity contribution >= 4 is 26.6 Å². The van der Waals surface area contributed by atoms with Crippen LogP contribution in [0.4, 0.5) is 0 Å². The maximum Gasteiger partial charge on any atom is 0.220 e. The van der Waals surface area contributed by atoms with Crippen LogP contribution in [0, 0.1) is 0 Å². The van der Waals surface area contributed by atoms with Crippen LogP contribution in [0.15, 0.2) is 30.5 Å². The fourth-order valence-corrected chi connectivity index (χ4v) is 2.71. The number of nitrogens with one attached hydrogen (secondary N) is 2. The SMILES string of the molecule is CS(=O)(=O)CCNC(=O)CCCc1c[nH]c2ccccc12. The zero-order valence-electron chi connectivity index (χ0n) is 12.1. The highest BCUT2D eigenvalue weighted by molar-refractivity contribution is 7.90. The quantitative estimate of drug-likeness (QED) is 0.816. The first-order valence-corrected chi connectivity index (χ1v) is 9.01. The Balaban J connectivity index is 1.75. The van der Waals surface area contributed by atoms with Gasteiger partial charge in [0.1, 0.15) is 9.84 Å². The van der Waals surface area contributed by atoms with Crippen LogP contribution in [0.25, 0.3) is 10.9 Å². The predicted octanol–water partition coefficient (Wildman–Crippen LogP) is 1.65. The van der Waals surface area contributed by atoms with Crippen molar-refractivity contribution < 1.29 is 13.2 Å². The summed E-state index contributed by atoms with van der Waals surface area (Å²) in [7, 11) is -3.02. The van der Waals surface area contributed by atoms with E-state index < -0.39 is 9.84 Å². The van der Waals surface area contributed by atoms with Gasteiger partial charge in [-0.15, -0.1) is 0 Å². The number of sulfone groups is 1. The van der Waals surface area contributed by atoms with Crippen molar-refractivity contribution in [3.63, 3.8) is 0 Å². The number of amides is 1. The topological polar surface area (TPSA) is 79.0 Å². The van der Waals surface area contributed by atoms with E-state index in [9.17, 15) is 13.2 Å². The highest BCUT2D eigenvalue weighted by Gasteiger charge is 2.07. The second-order valence-corrected chi connectivity index (χ2v) is 7.45. The summed E-state index contributed by atoms with van der Waals surface area (Å²) in [5.74, 6) is -0.111. The first-order chi connectivity index (χ1) is 9.96. The van der Waals surface area contributed by atoms with E-state index in [0.717, 1.165) is 24.6 Å². The molecule has 1 amide bonds. The van der Waals surface area contributed by atoms with Gasteiger partial charge < -0.3 is 10.3 Å². The molecule has 2 rings (SSSR count). The number of rotatable bonds is 7. The molecule has 0 saturated carbocycles. The third-order valence-corrected chi connectivity index (χ3v) is 4.27. The number of hydrogen-bond donors (Lipinski definition) is 2. The Bertz CT molecular complexity index is 719. The maximum atomic E-state index is 11.6. The first-order valence-electron chi connectivity index (χ1n) is 6.95. The minimum absolute atomic E-state index is 0.0127. The molecule has 2 N–H and O–H groups in total. The number of fused-ring (bicyclic) bond motifs is 1. The van der Waals surface area contributed by atoms with Gasteiger partial charge in [0.15, 0.2) is 0 Å². The van der Waals surface area contributed by atoms with Crippen molar-refractivity contribution in [1.29, 1.82) is 0 Å². The molecule has 0 saturated heterocycles. The summed E-state index contributed by atoms with van der Waals surface area (Å²) in [6, 6.07) is 8.07. The van der Waals surface area contributed by atoms with Gasteiger partial charge in [-0.1, -0.05) is 18.2 Å². The van der Waals surface area contributed by atoms with E-state index in [1.807, 2.05) is 24.4 Å². The van der Waals surface area contributed by atoms with Crippen LogP contribution in [0.2, 0.25) is 0 Å². The number of aryl methyl sites for hydroxylation is 1. The Hall–Kier alpha value is -1.82. The standard InChI is InChI=1S/C15H20N2O3S/c1-21(19,20)10-9-16-15(18)8-4-5-12-11-17-14-7-3-2-6-13(12)14/h2-3,6-7,11,17H,4-5,8-10H2,1H3,(H,16,18). The van der Waals surface area contributed by atoms with Crippen LogP contribution < -0.4 is 5.32 Å². The second kappa shape index (κ2) is 6.76. The third kappa shape index (κ3) is 4.90. The molecular formula is C15H20N2O3S. The zero-order valence-corrected chi connectivity index (χ0v) is 12.9. The number of H-pyrrole nitrogens is 1. The van der Waals surface area contributed by atoms with E-state index >= 15 is 0 Å². The van der Waals surface area contributed by atoms with Crippen molar-refractivity contribution in [2.45, 2.75) is 19.3 Å². The lowest BCUT2D eigenvalue weighted by Gasteiger charge is -2.04. The minimum Gasteiger partial charge on any atom is -0.361 e. The lowest BCUT2D eigenvalue weighted by atomic mass is 10.1. The molecule has 0 aliphatic carbocycles. The van der Waals surface area contributed by atoms with Gasteiger partial charge >= 0.3 is 0 Å². The van der Waals surface area contributed by atoms with Crippen molar-refractivity contribution in [2.75, 3.05) is 18.6 Å². The van der Waals surface area contributed by atoms with E-state index in [-0.39, 0.29) is 18.2 Å². The Morgan fingerprint density at radius 2 is 2.05 bits per heavy atom. The highest BCUT2D eigenvalue weighted by atomic mass is 32.2. The number of para-hydroxylation sites is 1. The fraction of sp³-hybridized carbons (Fsp3) is 0.400. The Labute approximate surface area is 124 Å². The lowest BCUT2D eigenvalue weighted by molar-refractivity contribution is -0.121. The average molecular weight is 308 g/mol. The Kier molecular flexibility index (Phi) is 5.01. The molecule has 1 heterocycles. The Morgan fingerprint density at radius 3 is 2.81 bits per heavy atom. The molecule has 0 aliphatic rings. The summed E-state index contributed by atoms with van der Waals surface area (Å²) >= 11 is 0. The third-order valence-electron chi connectivity index (χ3n) is 3.32. The number of carbonyl (C=O) groups excluding carboxylic acids is 1. The summed E-state index contributed by atoms with van der Waals surface area (Å²) in [5, 5.41) is 3.82. The average Bonchev–Trinajstić information content (AvgIpc) is 2.81. The molecule has 0 fully saturated rings. The molecule has 6 heteroatoms. The van der Waals surface area contributed by atoms with Gasteiger partial charge in [-0.25, -0.2) is 8.42 Å². The molecule has 1 aromatic heterocycles. The van der Waals surface area contributed by atoms with Crippen LogP contribution >= 0.6 is 0 Å². The van der Waals surface area contributed by atoms with Crippen LogP contribution in [-0.4, -0.2) is 37.9 Å². The molecule has 114 valence electrons. The monoisotopic (exact) mass is 308 g/mol. The van der Waals surface area contributed by atoms with E-state index in [4.69, 9.17) is 0 Å². The maximum absolute atomic E-state index is 11.6. The number of aromatic nitrogens is 1. The Morgan fingerprint density at radius 1 is 1.29 bits per heavy atom. The van der Waals surface area contributed by atoms with Gasteiger partial charge in [0.25, 0.3) is 0 Å².